The molecule has 0 bridgehead atoms. The minimum Gasteiger partial charge on any atom is -0.272 e. The monoisotopic (exact) mass is 126 g/mol. The lowest BCUT2D eigenvalue weighted by molar-refractivity contribution is -0.133. The molecule has 0 aliphatic carbocycles. The van der Waals surface area contributed by atoms with Crippen LogP contribution < -0.4 is 0 Å². The van der Waals surface area contributed by atoms with Gasteiger partial charge in [-0.1, -0.05) is 0 Å². The molecule has 1 aliphatic rings. The predicted molar refractivity (Wildman–Crippen MR) is 35.0 cm³/mol. The number of hydrogen-bond acceptors (Lipinski definition) is 2. The van der Waals surface area contributed by atoms with Crippen molar-refractivity contribution in [1.82, 2.24) is 5.01 Å². The summed E-state index contributed by atoms with van der Waals surface area (Å²) < 4.78 is 0. The summed E-state index contributed by atoms with van der Waals surface area (Å²) in [7, 11) is 1.66. The van der Waals surface area contributed by atoms with Crippen LogP contribution >= 0.6 is 0 Å². The van der Waals surface area contributed by atoms with Crippen molar-refractivity contribution in [1.29, 1.82) is 0 Å². The van der Waals surface area contributed by atoms with Crippen molar-refractivity contribution in [2.75, 3.05) is 7.05 Å². The second-order valence-electron chi connectivity index (χ2n) is 2.80. The first-order valence-corrected chi connectivity index (χ1v) is 2.87. The van der Waals surface area contributed by atoms with Gasteiger partial charge in [-0.05, 0) is 13.8 Å². The summed E-state index contributed by atoms with van der Waals surface area (Å²) in [5.74, 6) is 0.0579. The first-order valence-electron chi connectivity index (χ1n) is 2.87. The molecule has 9 heavy (non-hydrogen) atoms. The van der Waals surface area contributed by atoms with Crippen LogP contribution in [0.2, 0.25) is 0 Å². The molecule has 0 saturated carbocycles. The van der Waals surface area contributed by atoms with Crippen LogP contribution in [-0.2, 0) is 4.79 Å². The summed E-state index contributed by atoms with van der Waals surface area (Å²) in [4.78, 5) is 11.0. The Labute approximate surface area is 54.3 Å². The van der Waals surface area contributed by atoms with Crippen molar-refractivity contribution in [3.8, 4) is 0 Å². The van der Waals surface area contributed by atoms with E-state index in [1.54, 1.807) is 13.3 Å². The van der Waals surface area contributed by atoms with E-state index in [0.717, 1.165) is 0 Å². The average molecular weight is 126 g/mol. The maximum Gasteiger partial charge on any atom is 0.253 e. The van der Waals surface area contributed by atoms with Gasteiger partial charge in [0.2, 0.25) is 0 Å². The van der Waals surface area contributed by atoms with E-state index in [-0.39, 0.29) is 11.3 Å². The molecule has 1 aliphatic heterocycles. The van der Waals surface area contributed by atoms with Crippen molar-refractivity contribution in [2.45, 2.75) is 13.8 Å². The molecule has 0 unspecified atom stereocenters. The molecule has 0 saturated heterocycles. The second kappa shape index (κ2) is 1.56. The summed E-state index contributed by atoms with van der Waals surface area (Å²) in [5, 5.41) is 5.19. The van der Waals surface area contributed by atoms with Gasteiger partial charge in [0.15, 0.2) is 0 Å². The highest BCUT2D eigenvalue weighted by atomic mass is 16.2. The SMILES string of the molecule is CN1N=CC(C)(C)C1=O. The minimum absolute atomic E-state index is 0.0579. The quantitative estimate of drug-likeness (QED) is 0.464. The third-order valence-electron chi connectivity index (χ3n) is 1.40. The normalized spacial score (nSPS) is 23.4. The fourth-order valence-electron chi connectivity index (χ4n) is 0.756. The van der Waals surface area contributed by atoms with Crippen LogP contribution in [0.1, 0.15) is 13.8 Å². The number of hydrazone groups is 1. The van der Waals surface area contributed by atoms with Gasteiger partial charge < -0.3 is 0 Å². The summed E-state index contributed by atoms with van der Waals surface area (Å²) in [5.41, 5.74) is -0.380. The number of amides is 1. The molecular formula is C6H10N2O. The second-order valence-corrected chi connectivity index (χ2v) is 2.80. The number of carbonyl (C=O) groups excluding carboxylic acids is 1. The maximum atomic E-state index is 11.0. The van der Waals surface area contributed by atoms with Gasteiger partial charge in [-0.15, -0.1) is 0 Å². The zero-order valence-corrected chi connectivity index (χ0v) is 5.88. The van der Waals surface area contributed by atoms with Crippen LogP contribution in [0, 0.1) is 5.41 Å². The molecule has 0 radical (unpaired) electrons. The smallest absolute Gasteiger partial charge is 0.253 e. The zero-order valence-electron chi connectivity index (χ0n) is 5.88. The summed E-state index contributed by atoms with van der Waals surface area (Å²) in [6.07, 6.45) is 1.66. The van der Waals surface area contributed by atoms with Gasteiger partial charge in [-0.2, -0.15) is 5.10 Å². The maximum absolute atomic E-state index is 11.0. The van der Waals surface area contributed by atoms with Crippen molar-refractivity contribution in [3.63, 3.8) is 0 Å². The van der Waals surface area contributed by atoms with E-state index in [1.807, 2.05) is 13.8 Å². The van der Waals surface area contributed by atoms with E-state index in [0.29, 0.717) is 0 Å². The van der Waals surface area contributed by atoms with Gasteiger partial charge in [-0.25, -0.2) is 5.01 Å². The van der Waals surface area contributed by atoms with Gasteiger partial charge in [0.05, 0.1) is 5.41 Å². The lowest BCUT2D eigenvalue weighted by Gasteiger charge is -2.12. The van der Waals surface area contributed by atoms with Crippen molar-refractivity contribution >= 4 is 12.1 Å². The Bertz CT molecular complexity index is 172. The van der Waals surface area contributed by atoms with Crippen LogP contribution in [0.4, 0.5) is 0 Å². The largest absolute Gasteiger partial charge is 0.272 e. The van der Waals surface area contributed by atoms with Crippen molar-refractivity contribution in [2.24, 2.45) is 10.5 Å². The highest BCUT2D eigenvalue weighted by Crippen LogP contribution is 2.20. The topological polar surface area (TPSA) is 32.7 Å². The van der Waals surface area contributed by atoms with Crippen molar-refractivity contribution in [3.05, 3.63) is 0 Å². The van der Waals surface area contributed by atoms with E-state index in [9.17, 15) is 4.79 Å². The Kier molecular flexibility index (Phi) is 1.08. The Morgan fingerprint density at radius 3 is 2.33 bits per heavy atom. The number of rotatable bonds is 0. The fraction of sp³-hybridized carbons (Fsp3) is 0.667. The predicted octanol–water partition coefficient (Wildman–Crippen LogP) is 0.470. The van der Waals surface area contributed by atoms with Gasteiger partial charge in [0, 0.05) is 13.3 Å². The first-order chi connectivity index (χ1) is 4.04. The van der Waals surface area contributed by atoms with Crippen LogP contribution in [0.3, 0.4) is 0 Å². The van der Waals surface area contributed by atoms with Crippen LogP contribution in [0.5, 0.6) is 0 Å². The lowest BCUT2D eigenvalue weighted by atomic mass is 9.96. The molecule has 3 heteroatoms. The molecule has 50 valence electrons. The van der Waals surface area contributed by atoms with Crippen molar-refractivity contribution < 1.29 is 4.79 Å². The van der Waals surface area contributed by atoms with Gasteiger partial charge in [0.25, 0.3) is 5.91 Å². The number of carbonyl (C=O) groups is 1. The third kappa shape index (κ3) is 0.823. The van der Waals surface area contributed by atoms with E-state index in [4.69, 9.17) is 0 Å². The average Bonchev–Trinajstić information content (AvgIpc) is 1.97. The number of hydrogen-bond donors (Lipinski definition) is 0. The minimum atomic E-state index is -0.380. The molecule has 1 heterocycles. The summed E-state index contributed by atoms with van der Waals surface area (Å²) in [6, 6.07) is 0. The lowest BCUT2D eigenvalue weighted by Crippen LogP contribution is -2.29. The van der Waals surface area contributed by atoms with Gasteiger partial charge >= 0.3 is 0 Å². The molecule has 0 aromatic heterocycles. The molecule has 0 spiro atoms. The Hall–Kier alpha value is -0.860. The Morgan fingerprint density at radius 2 is 2.22 bits per heavy atom. The third-order valence-corrected chi connectivity index (χ3v) is 1.40. The molecular weight excluding hydrogens is 116 g/mol. The van der Waals surface area contributed by atoms with Gasteiger partial charge in [0.1, 0.15) is 0 Å². The van der Waals surface area contributed by atoms with E-state index >= 15 is 0 Å². The molecule has 3 nitrogen and oxygen atoms in total. The van der Waals surface area contributed by atoms with Crippen LogP contribution in [-0.4, -0.2) is 24.2 Å². The van der Waals surface area contributed by atoms with Gasteiger partial charge in [-0.3, -0.25) is 4.79 Å². The highest BCUT2D eigenvalue weighted by molar-refractivity contribution is 6.00. The molecule has 0 N–H and O–H groups in total. The molecule has 0 aromatic carbocycles. The standard InChI is InChI=1S/C6H10N2O/c1-6(2)4-7-8(3)5(6)9/h4H,1-3H3. The summed E-state index contributed by atoms with van der Waals surface area (Å²) in [6.45, 7) is 3.70. The van der Waals surface area contributed by atoms with E-state index in [1.165, 1.54) is 5.01 Å². The highest BCUT2D eigenvalue weighted by Gasteiger charge is 2.33. The molecule has 0 fully saturated rings. The fourth-order valence-corrected chi connectivity index (χ4v) is 0.756. The van der Waals surface area contributed by atoms with Crippen LogP contribution in [0.15, 0.2) is 5.10 Å². The van der Waals surface area contributed by atoms with E-state index < -0.39 is 0 Å². The summed E-state index contributed by atoms with van der Waals surface area (Å²) >= 11 is 0. The van der Waals surface area contributed by atoms with Crippen LogP contribution in [0.25, 0.3) is 0 Å². The molecule has 0 aromatic rings. The molecule has 1 rings (SSSR count). The zero-order chi connectivity index (χ0) is 7.07. The molecule has 1 amide bonds. The molecule has 0 atom stereocenters. The van der Waals surface area contributed by atoms with E-state index in [2.05, 4.69) is 5.10 Å². The Morgan fingerprint density at radius 1 is 1.67 bits per heavy atom. The number of nitrogens with zero attached hydrogens (tertiary/aromatic N) is 2. The first kappa shape index (κ1) is 6.26. The Balaban J connectivity index is 2.86.